The molecule has 18 heavy (non-hydrogen) atoms. The highest BCUT2D eigenvalue weighted by Crippen LogP contribution is 2.24. The normalized spacial score (nSPS) is 10.3. The molecule has 0 unspecified atom stereocenters. The summed E-state index contributed by atoms with van der Waals surface area (Å²) in [7, 11) is 0. The molecular formula is C12H11BrN2OS2. The van der Waals surface area contributed by atoms with Crippen molar-refractivity contribution >= 4 is 44.5 Å². The third-order valence-electron chi connectivity index (χ3n) is 2.25. The van der Waals surface area contributed by atoms with Gasteiger partial charge in [-0.15, -0.1) is 11.3 Å². The summed E-state index contributed by atoms with van der Waals surface area (Å²) in [6.07, 6.45) is 0. The molecule has 1 heterocycles. The van der Waals surface area contributed by atoms with Crippen LogP contribution in [0.25, 0.3) is 0 Å². The third-order valence-corrected chi connectivity index (χ3v) is 3.78. The van der Waals surface area contributed by atoms with Gasteiger partial charge in [0.1, 0.15) is 17.3 Å². The van der Waals surface area contributed by atoms with Crippen LogP contribution in [0.3, 0.4) is 0 Å². The molecule has 2 aromatic rings. The Morgan fingerprint density at radius 1 is 1.56 bits per heavy atom. The largest absolute Gasteiger partial charge is 0.487 e. The molecule has 0 aliphatic heterocycles. The van der Waals surface area contributed by atoms with E-state index in [4.69, 9.17) is 22.7 Å². The van der Waals surface area contributed by atoms with E-state index in [1.165, 1.54) is 0 Å². The highest BCUT2D eigenvalue weighted by atomic mass is 79.9. The summed E-state index contributed by atoms with van der Waals surface area (Å²) >= 11 is 9.99. The minimum absolute atomic E-state index is 0.320. The van der Waals surface area contributed by atoms with Crippen LogP contribution in [-0.4, -0.2) is 9.97 Å². The second kappa shape index (κ2) is 5.77. The molecule has 0 fully saturated rings. The number of benzene rings is 1. The van der Waals surface area contributed by atoms with Gasteiger partial charge in [-0.1, -0.05) is 28.1 Å². The minimum atomic E-state index is 0.320. The van der Waals surface area contributed by atoms with Gasteiger partial charge in [0.15, 0.2) is 0 Å². The number of thiazole rings is 1. The fourth-order valence-electron chi connectivity index (χ4n) is 1.45. The van der Waals surface area contributed by atoms with Gasteiger partial charge in [0, 0.05) is 9.85 Å². The lowest BCUT2D eigenvalue weighted by Crippen LogP contribution is -2.11. The standard InChI is InChI=1S/C12H11BrN2OS2/c1-7-15-9(6-18-7)5-16-11-3-2-8(13)4-10(11)12(14)17/h2-4,6H,5H2,1H3,(H2,14,17). The Balaban J connectivity index is 2.16. The molecule has 0 saturated carbocycles. The van der Waals surface area contributed by atoms with Crippen molar-refractivity contribution in [2.45, 2.75) is 13.5 Å². The summed E-state index contributed by atoms with van der Waals surface area (Å²) in [6, 6.07) is 5.59. The van der Waals surface area contributed by atoms with Crippen LogP contribution in [0.15, 0.2) is 28.1 Å². The van der Waals surface area contributed by atoms with E-state index in [1.54, 1.807) is 11.3 Å². The summed E-state index contributed by atoms with van der Waals surface area (Å²) in [6.45, 7) is 2.38. The van der Waals surface area contributed by atoms with E-state index in [2.05, 4.69) is 20.9 Å². The Labute approximate surface area is 123 Å². The fourth-order valence-corrected chi connectivity index (χ4v) is 2.56. The van der Waals surface area contributed by atoms with E-state index in [-0.39, 0.29) is 0 Å². The molecule has 0 saturated heterocycles. The molecule has 0 bridgehead atoms. The second-order valence-electron chi connectivity index (χ2n) is 3.65. The SMILES string of the molecule is Cc1nc(COc2ccc(Br)cc2C(N)=S)cs1. The van der Waals surface area contributed by atoms with Gasteiger partial charge in [-0.25, -0.2) is 4.98 Å². The van der Waals surface area contributed by atoms with Crippen LogP contribution >= 0.6 is 39.5 Å². The van der Waals surface area contributed by atoms with Crippen molar-refractivity contribution < 1.29 is 4.74 Å². The quantitative estimate of drug-likeness (QED) is 0.864. The van der Waals surface area contributed by atoms with E-state index >= 15 is 0 Å². The van der Waals surface area contributed by atoms with Crippen molar-refractivity contribution in [2.75, 3.05) is 0 Å². The van der Waals surface area contributed by atoms with Crippen molar-refractivity contribution in [3.8, 4) is 5.75 Å². The monoisotopic (exact) mass is 342 g/mol. The number of thiocarbonyl (C=S) groups is 1. The fraction of sp³-hybridized carbons (Fsp3) is 0.167. The number of ether oxygens (including phenoxy) is 1. The van der Waals surface area contributed by atoms with Crippen molar-refractivity contribution in [2.24, 2.45) is 5.73 Å². The predicted molar refractivity (Wildman–Crippen MR) is 81.2 cm³/mol. The molecule has 0 amide bonds. The van der Waals surface area contributed by atoms with E-state index in [0.717, 1.165) is 20.7 Å². The third kappa shape index (κ3) is 3.28. The van der Waals surface area contributed by atoms with E-state index in [9.17, 15) is 0 Å². The maximum Gasteiger partial charge on any atom is 0.131 e. The summed E-state index contributed by atoms with van der Waals surface area (Å²) in [4.78, 5) is 4.66. The Bertz CT molecular complexity index is 583. The Morgan fingerprint density at radius 2 is 2.33 bits per heavy atom. The first-order valence-corrected chi connectivity index (χ1v) is 7.27. The highest BCUT2D eigenvalue weighted by molar-refractivity contribution is 9.10. The molecule has 94 valence electrons. The molecule has 2 rings (SSSR count). The average Bonchev–Trinajstić information content (AvgIpc) is 2.73. The zero-order valence-electron chi connectivity index (χ0n) is 9.64. The predicted octanol–water partition coefficient (Wildman–Crippen LogP) is 3.43. The Morgan fingerprint density at radius 3 is 2.94 bits per heavy atom. The van der Waals surface area contributed by atoms with Crippen LogP contribution < -0.4 is 10.5 Å². The van der Waals surface area contributed by atoms with Gasteiger partial charge in [0.05, 0.1) is 16.3 Å². The van der Waals surface area contributed by atoms with Crippen molar-refractivity contribution in [1.82, 2.24) is 4.98 Å². The lowest BCUT2D eigenvalue weighted by molar-refractivity contribution is 0.301. The van der Waals surface area contributed by atoms with Crippen LogP contribution in [0, 0.1) is 6.92 Å². The first-order chi connectivity index (χ1) is 8.56. The highest BCUT2D eigenvalue weighted by Gasteiger charge is 2.08. The Hall–Kier alpha value is -0.980. The topological polar surface area (TPSA) is 48.1 Å². The van der Waals surface area contributed by atoms with Crippen LogP contribution in [0.2, 0.25) is 0 Å². The maximum absolute atomic E-state index is 5.71. The molecule has 0 atom stereocenters. The number of hydrogen-bond donors (Lipinski definition) is 1. The van der Waals surface area contributed by atoms with Gasteiger partial charge in [-0.05, 0) is 25.1 Å². The average molecular weight is 343 g/mol. The van der Waals surface area contributed by atoms with E-state index < -0.39 is 0 Å². The van der Waals surface area contributed by atoms with Gasteiger partial charge in [0.2, 0.25) is 0 Å². The molecule has 0 radical (unpaired) electrons. The Kier molecular flexibility index (Phi) is 4.31. The zero-order valence-corrected chi connectivity index (χ0v) is 12.9. The number of aryl methyl sites for hydroxylation is 1. The smallest absolute Gasteiger partial charge is 0.131 e. The number of nitrogens with two attached hydrogens (primary N) is 1. The molecule has 0 aliphatic rings. The van der Waals surface area contributed by atoms with Gasteiger partial charge in [-0.2, -0.15) is 0 Å². The number of halogens is 1. The maximum atomic E-state index is 5.71. The first-order valence-electron chi connectivity index (χ1n) is 5.19. The summed E-state index contributed by atoms with van der Waals surface area (Å²) in [5, 5.41) is 3.01. The molecular weight excluding hydrogens is 332 g/mol. The molecule has 1 aromatic heterocycles. The molecule has 0 aliphatic carbocycles. The van der Waals surface area contributed by atoms with Gasteiger partial charge < -0.3 is 10.5 Å². The van der Waals surface area contributed by atoms with Crippen LogP contribution in [0.4, 0.5) is 0 Å². The van der Waals surface area contributed by atoms with Crippen LogP contribution in [-0.2, 0) is 6.61 Å². The zero-order chi connectivity index (χ0) is 13.1. The van der Waals surface area contributed by atoms with Crippen molar-refractivity contribution in [1.29, 1.82) is 0 Å². The number of hydrogen-bond acceptors (Lipinski definition) is 4. The molecule has 6 heteroatoms. The van der Waals surface area contributed by atoms with Crippen molar-refractivity contribution in [3.05, 3.63) is 44.3 Å². The van der Waals surface area contributed by atoms with Gasteiger partial charge >= 0.3 is 0 Å². The minimum Gasteiger partial charge on any atom is -0.487 e. The lowest BCUT2D eigenvalue weighted by Gasteiger charge is -2.10. The van der Waals surface area contributed by atoms with E-state index in [0.29, 0.717) is 17.3 Å². The summed E-state index contributed by atoms with van der Waals surface area (Å²) in [5.41, 5.74) is 7.31. The number of rotatable bonds is 4. The first kappa shape index (κ1) is 13.5. The lowest BCUT2D eigenvalue weighted by atomic mass is 10.2. The van der Waals surface area contributed by atoms with Crippen LogP contribution in [0.5, 0.6) is 5.75 Å². The second-order valence-corrected chi connectivity index (χ2v) is 6.07. The molecule has 3 nitrogen and oxygen atoms in total. The molecule has 0 spiro atoms. The van der Waals surface area contributed by atoms with Gasteiger partial charge in [-0.3, -0.25) is 0 Å². The van der Waals surface area contributed by atoms with E-state index in [1.807, 2.05) is 30.5 Å². The van der Waals surface area contributed by atoms with Crippen molar-refractivity contribution in [3.63, 3.8) is 0 Å². The summed E-state index contributed by atoms with van der Waals surface area (Å²) < 4.78 is 6.63. The number of aromatic nitrogens is 1. The van der Waals surface area contributed by atoms with Crippen LogP contribution in [0.1, 0.15) is 16.3 Å². The molecule has 1 aromatic carbocycles. The summed E-state index contributed by atoms with van der Waals surface area (Å²) in [5.74, 6) is 0.677. The van der Waals surface area contributed by atoms with Gasteiger partial charge in [0.25, 0.3) is 0 Å². The number of nitrogens with zero attached hydrogens (tertiary/aromatic N) is 1. The molecule has 2 N–H and O–H groups in total.